The molecule has 0 radical (unpaired) electrons. The molecule has 1 aliphatic heterocycles. The molecule has 1 unspecified atom stereocenters. The van der Waals surface area contributed by atoms with Gasteiger partial charge in [0.1, 0.15) is 22.3 Å². The lowest BCUT2D eigenvalue weighted by atomic mass is 9.89. The molecule has 3 rings (SSSR count). The predicted molar refractivity (Wildman–Crippen MR) is 109 cm³/mol. The highest BCUT2D eigenvalue weighted by molar-refractivity contribution is 7.09. The first-order valence-corrected chi connectivity index (χ1v) is 10.4. The third-order valence-electron chi connectivity index (χ3n) is 5.25. The maximum atomic E-state index is 13.2. The quantitative estimate of drug-likeness (QED) is 0.791. The molecule has 0 bridgehead atoms. The van der Waals surface area contributed by atoms with Crippen LogP contribution in [0.15, 0.2) is 23.7 Å². The van der Waals surface area contributed by atoms with Crippen LogP contribution in [0.2, 0.25) is 0 Å². The van der Waals surface area contributed by atoms with E-state index < -0.39 is 0 Å². The van der Waals surface area contributed by atoms with E-state index in [2.05, 4.69) is 18.8 Å². The molecule has 3 atom stereocenters. The second kappa shape index (κ2) is 8.82. The van der Waals surface area contributed by atoms with Crippen molar-refractivity contribution in [2.45, 2.75) is 32.6 Å². The Morgan fingerprint density at radius 1 is 1.29 bits per heavy atom. The van der Waals surface area contributed by atoms with Crippen LogP contribution in [0.25, 0.3) is 0 Å². The van der Waals surface area contributed by atoms with Gasteiger partial charge < -0.3 is 19.5 Å². The molecule has 28 heavy (non-hydrogen) atoms. The van der Waals surface area contributed by atoms with E-state index in [0.717, 1.165) is 24.5 Å². The Labute approximate surface area is 170 Å². The van der Waals surface area contributed by atoms with Crippen LogP contribution in [0.4, 0.5) is 0 Å². The highest BCUT2D eigenvalue weighted by atomic mass is 32.1. The zero-order valence-corrected chi connectivity index (χ0v) is 17.7. The number of phenols is 1. The molecule has 1 aromatic carbocycles. The van der Waals surface area contributed by atoms with Gasteiger partial charge in [0.05, 0.1) is 20.1 Å². The van der Waals surface area contributed by atoms with Crippen LogP contribution >= 0.6 is 11.3 Å². The number of carbonyl (C=O) groups is 1. The Morgan fingerprint density at radius 2 is 2.00 bits per heavy atom. The summed E-state index contributed by atoms with van der Waals surface area (Å²) >= 11 is 1.47. The first kappa shape index (κ1) is 20.5. The molecule has 1 aromatic heterocycles. The molecule has 1 N–H and O–H groups in total. The molecule has 0 spiro atoms. The molecule has 1 saturated heterocycles. The number of methoxy groups -OCH3 is 2. The second-order valence-electron chi connectivity index (χ2n) is 7.63. The van der Waals surface area contributed by atoms with Crippen molar-refractivity contribution in [1.82, 2.24) is 9.88 Å². The second-order valence-corrected chi connectivity index (χ2v) is 8.56. The van der Waals surface area contributed by atoms with Gasteiger partial charge in [0.2, 0.25) is 5.91 Å². The number of amides is 1. The average Bonchev–Trinajstić information content (AvgIpc) is 3.19. The van der Waals surface area contributed by atoms with Gasteiger partial charge in [-0.25, -0.2) is 4.98 Å². The van der Waals surface area contributed by atoms with Gasteiger partial charge in [-0.2, -0.15) is 0 Å². The summed E-state index contributed by atoms with van der Waals surface area (Å²) in [6.07, 6.45) is 3.10. The van der Waals surface area contributed by atoms with E-state index in [1.165, 1.54) is 18.4 Å². The third-order valence-corrected chi connectivity index (χ3v) is 6.14. The molecule has 1 fully saturated rings. The summed E-state index contributed by atoms with van der Waals surface area (Å²) in [7, 11) is 3.08. The number of aromatic hydroxyl groups is 1. The number of rotatable bonds is 6. The van der Waals surface area contributed by atoms with E-state index in [4.69, 9.17) is 9.47 Å². The molecule has 0 aliphatic carbocycles. The zero-order valence-electron chi connectivity index (χ0n) is 16.8. The van der Waals surface area contributed by atoms with E-state index in [-0.39, 0.29) is 24.0 Å². The summed E-state index contributed by atoms with van der Waals surface area (Å²) in [5.41, 5.74) is 0.574. The number of hydrogen-bond donors (Lipinski definition) is 1. The maximum Gasteiger partial charge on any atom is 0.223 e. The first-order chi connectivity index (χ1) is 13.4. The SMILES string of the molecule is COc1cc(O)c(C(CC(=O)N2C[C@H](C)C[C@H](C)C2)c2nccs2)c(OC)c1. The van der Waals surface area contributed by atoms with Crippen LogP contribution < -0.4 is 9.47 Å². The molecule has 0 saturated carbocycles. The van der Waals surface area contributed by atoms with E-state index in [0.29, 0.717) is 28.9 Å². The van der Waals surface area contributed by atoms with Gasteiger partial charge in [-0.3, -0.25) is 4.79 Å². The number of benzene rings is 1. The van der Waals surface area contributed by atoms with Crippen LogP contribution in [-0.4, -0.2) is 48.2 Å². The lowest BCUT2D eigenvalue weighted by Gasteiger charge is -2.35. The Balaban J connectivity index is 1.94. The van der Waals surface area contributed by atoms with Gasteiger partial charge in [-0.1, -0.05) is 13.8 Å². The topological polar surface area (TPSA) is 71.9 Å². The lowest BCUT2D eigenvalue weighted by Crippen LogP contribution is -2.43. The van der Waals surface area contributed by atoms with Gasteiger partial charge in [0.25, 0.3) is 0 Å². The minimum Gasteiger partial charge on any atom is -0.507 e. The zero-order chi connectivity index (χ0) is 20.3. The van der Waals surface area contributed by atoms with Crippen LogP contribution in [0.5, 0.6) is 17.2 Å². The number of nitrogens with zero attached hydrogens (tertiary/aromatic N) is 2. The highest BCUT2D eigenvalue weighted by Gasteiger charge is 2.32. The van der Waals surface area contributed by atoms with Crippen molar-refractivity contribution in [3.63, 3.8) is 0 Å². The number of thiazole rings is 1. The van der Waals surface area contributed by atoms with Crippen molar-refractivity contribution >= 4 is 17.2 Å². The summed E-state index contributed by atoms with van der Waals surface area (Å²) in [4.78, 5) is 19.5. The summed E-state index contributed by atoms with van der Waals surface area (Å²) in [6, 6.07) is 3.28. The van der Waals surface area contributed by atoms with Crippen molar-refractivity contribution in [2.24, 2.45) is 11.8 Å². The summed E-state index contributed by atoms with van der Waals surface area (Å²) in [5.74, 6) is 1.73. The normalized spacial score (nSPS) is 20.6. The lowest BCUT2D eigenvalue weighted by molar-refractivity contribution is -0.134. The number of piperidine rings is 1. The minimum absolute atomic E-state index is 0.0459. The van der Waals surface area contributed by atoms with Crippen molar-refractivity contribution in [2.75, 3.05) is 27.3 Å². The first-order valence-electron chi connectivity index (χ1n) is 9.55. The monoisotopic (exact) mass is 404 g/mol. The Kier molecular flexibility index (Phi) is 6.44. The van der Waals surface area contributed by atoms with Crippen LogP contribution in [-0.2, 0) is 4.79 Å². The Bertz CT molecular complexity index is 799. The number of aromatic nitrogens is 1. The van der Waals surface area contributed by atoms with E-state index >= 15 is 0 Å². The average molecular weight is 405 g/mol. The summed E-state index contributed by atoms with van der Waals surface area (Å²) < 4.78 is 10.8. The molecule has 7 heteroatoms. The number of phenolic OH excluding ortho intramolecular Hbond substituents is 1. The van der Waals surface area contributed by atoms with Gasteiger partial charge >= 0.3 is 0 Å². The largest absolute Gasteiger partial charge is 0.507 e. The molecule has 2 heterocycles. The van der Waals surface area contributed by atoms with Gasteiger partial charge in [0.15, 0.2) is 0 Å². The Morgan fingerprint density at radius 3 is 2.57 bits per heavy atom. The highest BCUT2D eigenvalue weighted by Crippen LogP contribution is 2.43. The van der Waals surface area contributed by atoms with Crippen LogP contribution in [0.3, 0.4) is 0 Å². The van der Waals surface area contributed by atoms with Crippen molar-refractivity contribution in [1.29, 1.82) is 0 Å². The Hall–Kier alpha value is -2.28. The molecular weight excluding hydrogens is 376 g/mol. The molecule has 1 aliphatic rings. The maximum absolute atomic E-state index is 13.2. The third kappa shape index (κ3) is 4.41. The minimum atomic E-state index is -0.374. The summed E-state index contributed by atoms with van der Waals surface area (Å²) in [6.45, 7) is 5.93. The van der Waals surface area contributed by atoms with E-state index in [1.54, 1.807) is 25.4 Å². The summed E-state index contributed by atoms with van der Waals surface area (Å²) in [5, 5.41) is 13.4. The fourth-order valence-corrected chi connectivity index (χ4v) is 4.86. The fraction of sp³-hybridized carbons (Fsp3) is 0.524. The van der Waals surface area contributed by atoms with Crippen LogP contribution in [0, 0.1) is 11.8 Å². The molecule has 6 nitrogen and oxygen atoms in total. The number of ether oxygens (including phenoxy) is 2. The molecule has 1 amide bonds. The fourth-order valence-electron chi connectivity index (χ4n) is 4.11. The van der Waals surface area contributed by atoms with Gasteiger partial charge in [-0.15, -0.1) is 11.3 Å². The van der Waals surface area contributed by atoms with E-state index in [9.17, 15) is 9.90 Å². The molecule has 152 valence electrons. The predicted octanol–water partition coefficient (Wildman–Crippen LogP) is 3.89. The van der Waals surface area contributed by atoms with Gasteiger partial charge in [0, 0.05) is 48.8 Å². The van der Waals surface area contributed by atoms with Crippen molar-refractivity contribution in [3.05, 3.63) is 34.3 Å². The van der Waals surface area contributed by atoms with Crippen molar-refractivity contribution in [3.8, 4) is 17.2 Å². The number of likely N-dealkylation sites (tertiary alicyclic amines) is 1. The number of carbonyl (C=O) groups excluding carboxylic acids is 1. The van der Waals surface area contributed by atoms with Crippen molar-refractivity contribution < 1.29 is 19.4 Å². The van der Waals surface area contributed by atoms with Crippen LogP contribution in [0.1, 0.15) is 43.2 Å². The standard InChI is InChI=1S/C21H28N2O4S/c1-13-7-14(2)12-23(11-13)19(25)10-16(21-22-5-6-28-21)20-17(24)8-15(26-3)9-18(20)27-4/h5-6,8-9,13-14,16,24H,7,10-12H2,1-4H3/t13-,14+,16?. The molecular formula is C21H28N2O4S. The van der Waals surface area contributed by atoms with Gasteiger partial charge in [-0.05, 0) is 18.3 Å². The molecule has 2 aromatic rings. The number of hydrogen-bond acceptors (Lipinski definition) is 6. The van der Waals surface area contributed by atoms with E-state index in [1.807, 2.05) is 10.3 Å². The smallest absolute Gasteiger partial charge is 0.223 e.